The number of anilines is 1. The number of carbonyl (C=O) groups is 1. The molecule has 1 aromatic carbocycles. The standard InChI is InChI=1S/C29H44N2O/c1-19-12-15-27(2)21(18-19)13-17-29(30)24-11-10-23(28(24,3)16-14-25(27)29)26(32)20-6-8-22(9-7-20)31(4)5/h6-9,19,21,23-25H,10-18,30H2,1-5H3/t19-,21?,23+,24?,25+,27-,28+,29+/m0/s1. The van der Waals surface area contributed by atoms with Crippen LogP contribution in [-0.2, 0) is 0 Å². The van der Waals surface area contributed by atoms with Crippen LogP contribution in [0.25, 0.3) is 0 Å². The molecule has 2 N–H and O–H groups in total. The first-order valence-electron chi connectivity index (χ1n) is 13.2. The van der Waals surface area contributed by atoms with E-state index in [0.717, 1.165) is 35.9 Å². The van der Waals surface area contributed by atoms with Crippen LogP contribution in [0.1, 0.15) is 88.9 Å². The second-order valence-electron chi connectivity index (χ2n) is 12.8. The summed E-state index contributed by atoms with van der Waals surface area (Å²) in [5.74, 6) is 3.32. The molecule has 5 rings (SSSR count). The van der Waals surface area contributed by atoms with Gasteiger partial charge >= 0.3 is 0 Å². The van der Waals surface area contributed by atoms with Crippen LogP contribution in [0.2, 0.25) is 0 Å². The highest BCUT2D eigenvalue weighted by molar-refractivity contribution is 5.99. The van der Waals surface area contributed by atoms with Crippen LogP contribution in [0.15, 0.2) is 24.3 Å². The maximum absolute atomic E-state index is 13.7. The molecule has 3 nitrogen and oxygen atoms in total. The van der Waals surface area contributed by atoms with Gasteiger partial charge in [0.05, 0.1) is 0 Å². The van der Waals surface area contributed by atoms with Crippen LogP contribution in [0.3, 0.4) is 0 Å². The third-order valence-corrected chi connectivity index (χ3v) is 11.1. The number of hydrogen-bond donors (Lipinski definition) is 1. The summed E-state index contributed by atoms with van der Waals surface area (Å²) in [7, 11) is 4.08. The van der Waals surface area contributed by atoms with Crippen molar-refractivity contribution in [1.82, 2.24) is 0 Å². The Labute approximate surface area is 195 Å². The molecule has 8 atom stereocenters. The first-order chi connectivity index (χ1) is 15.1. The Balaban J connectivity index is 1.41. The first kappa shape index (κ1) is 22.4. The van der Waals surface area contributed by atoms with Crippen molar-refractivity contribution < 1.29 is 4.79 Å². The molecular weight excluding hydrogens is 392 g/mol. The van der Waals surface area contributed by atoms with Gasteiger partial charge in [-0.25, -0.2) is 0 Å². The molecule has 4 aliphatic carbocycles. The zero-order valence-corrected chi connectivity index (χ0v) is 21.0. The van der Waals surface area contributed by atoms with E-state index in [1.807, 2.05) is 26.2 Å². The van der Waals surface area contributed by atoms with Crippen LogP contribution >= 0.6 is 0 Å². The number of benzene rings is 1. The predicted octanol–water partition coefficient (Wildman–Crippen LogP) is 6.31. The minimum absolute atomic E-state index is 0.0493. The number of hydrogen-bond acceptors (Lipinski definition) is 3. The Morgan fingerprint density at radius 1 is 0.906 bits per heavy atom. The molecule has 1 aromatic rings. The minimum atomic E-state index is -0.0807. The van der Waals surface area contributed by atoms with Gasteiger partial charge in [0.1, 0.15) is 0 Å². The SMILES string of the molecule is C[C@H]1CC[C@@]2(C)C(CC[C@@]3(N)C4CC[C@H](C(=O)c5ccc(N(C)C)cc5)[C@@]4(C)CC[C@H]23)C1. The molecule has 0 bridgehead atoms. The molecule has 2 unspecified atom stereocenters. The summed E-state index contributed by atoms with van der Waals surface area (Å²) in [5, 5.41) is 0. The molecule has 176 valence electrons. The van der Waals surface area contributed by atoms with Crippen LogP contribution < -0.4 is 10.6 Å². The molecule has 0 amide bonds. The number of fused-ring (bicyclic) bond motifs is 5. The molecular formula is C29H44N2O. The van der Waals surface area contributed by atoms with Gasteiger partial charge in [0.15, 0.2) is 5.78 Å². The maximum atomic E-state index is 13.7. The summed E-state index contributed by atoms with van der Waals surface area (Å²) >= 11 is 0. The van der Waals surface area contributed by atoms with E-state index in [4.69, 9.17) is 5.73 Å². The summed E-state index contributed by atoms with van der Waals surface area (Å²) in [5.41, 5.74) is 9.90. The Bertz CT molecular complexity index is 878. The fourth-order valence-corrected chi connectivity index (χ4v) is 9.25. The molecule has 0 aliphatic heterocycles. The molecule has 3 heteroatoms. The Morgan fingerprint density at radius 3 is 2.25 bits per heavy atom. The number of rotatable bonds is 3. The van der Waals surface area contributed by atoms with Gasteiger partial charge in [-0.15, -0.1) is 0 Å². The monoisotopic (exact) mass is 436 g/mol. The predicted molar refractivity (Wildman–Crippen MR) is 133 cm³/mol. The van der Waals surface area contributed by atoms with Crippen molar-refractivity contribution in [3.8, 4) is 0 Å². The Hall–Kier alpha value is -1.35. The van der Waals surface area contributed by atoms with E-state index in [1.54, 1.807) is 0 Å². The first-order valence-corrected chi connectivity index (χ1v) is 13.2. The average Bonchev–Trinajstić information content (AvgIpc) is 3.12. The normalized spacial score (nSPS) is 45.5. The third-order valence-electron chi connectivity index (χ3n) is 11.1. The van der Waals surface area contributed by atoms with E-state index in [-0.39, 0.29) is 16.9 Å². The van der Waals surface area contributed by atoms with Crippen molar-refractivity contribution in [2.75, 3.05) is 19.0 Å². The van der Waals surface area contributed by atoms with Crippen molar-refractivity contribution in [3.63, 3.8) is 0 Å². The van der Waals surface area contributed by atoms with E-state index < -0.39 is 0 Å². The van der Waals surface area contributed by atoms with Gasteiger partial charge in [-0.1, -0.05) is 27.2 Å². The molecule has 4 aliphatic rings. The van der Waals surface area contributed by atoms with Gasteiger partial charge in [0, 0.05) is 36.8 Å². The minimum Gasteiger partial charge on any atom is -0.378 e. The summed E-state index contributed by atoms with van der Waals surface area (Å²) in [6.45, 7) is 7.45. The largest absolute Gasteiger partial charge is 0.378 e. The van der Waals surface area contributed by atoms with E-state index in [0.29, 0.717) is 23.0 Å². The van der Waals surface area contributed by atoms with Gasteiger partial charge in [0.25, 0.3) is 0 Å². The van der Waals surface area contributed by atoms with E-state index >= 15 is 0 Å². The summed E-state index contributed by atoms with van der Waals surface area (Å²) < 4.78 is 0. The van der Waals surface area contributed by atoms with Crippen LogP contribution in [0.5, 0.6) is 0 Å². The number of nitrogens with two attached hydrogens (primary N) is 1. The van der Waals surface area contributed by atoms with Gasteiger partial charge in [0.2, 0.25) is 0 Å². The quantitative estimate of drug-likeness (QED) is 0.565. The van der Waals surface area contributed by atoms with E-state index in [9.17, 15) is 4.79 Å². The van der Waals surface area contributed by atoms with Crippen LogP contribution in [0.4, 0.5) is 5.69 Å². The molecule has 0 spiro atoms. The fourth-order valence-electron chi connectivity index (χ4n) is 9.25. The lowest BCUT2D eigenvalue weighted by atomic mass is 9.41. The smallest absolute Gasteiger partial charge is 0.166 e. The average molecular weight is 437 g/mol. The van der Waals surface area contributed by atoms with Crippen molar-refractivity contribution in [1.29, 1.82) is 0 Å². The number of ketones is 1. The molecule has 0 heterocycles. The van der Waals surface area contributed by atoms with E-state index in [2.05, 4.69) is 37.8 Å². The Kier molecular flexibility index (Phi) is 5.32. The van der Waals surface area contributed by atoms with Crippen molar-refractivity contribution in [2.24, 2.45) is 46.2 Å². The van der Waals surface area contributed by atoms with Crippen LogP contribution in [-0.4, -0.2) is 25.4 Å². The summed E-state index contributed by atoms with van der Waals surface area (Å²) in [4.78, 5) is 15.8. The molecule has 0 radical (unpaired) electrons. The number of Topliss-reactive ketones (excluding diaryl/α,β-unsaturated/α-hetero) is 1. The Morgan fingerprint density at radius 2 is 1.56 bits per heavy atom. The number of carbonyl (C=O) groups excluding carboxylic acids is 1. The summed E-state index contributed by atoms with van der Waals surface area (Å²) in [6.07, 6.45) is 11.1. The maximum Gasteiger partial charge on any atom is 0.166 e. The van der Waals surface area contributed by atoms with Gasteiger partial charge in [-0.3, -0.25) is 4.79 Å². The van der Waals surface area contributed by atoms with E-state index in [1.165, 1.54) is 44.9 Å². The summed E-state index contributed by atoms with van der Waals surface area (Å²) in [6, 6.07) is 8.23. The number of nitrogens with zero attached hydrogens (tertiary/aromatic N) is 1. The van der Waals surface area contributed by atoms with Gasteiger partial charge in [-0.2, -0.15) is 0 Å². The fraction of sp³-hybridized carbons (Fsp3) is 0.759. The zero-order valence-electron chi connectivity index (χ0n) is 21.0. The van der Waals surface area contributed by atoms with Gasteiger partial charge < -0.3 is 10.6 Å². The molecule has 0 saturated heterocycles. The highest BCUT2D eigenvalue weighted by Gasteiger charge is 2.66. The van der Waals surface area contributed by atoms with Crippen molar-refractivity contribution >= 4 is 11.5 Å². The lowest BCUT2D eigenvalue weighted by molar-refractivity contribution is -0.128. The van der Waals surface area contributed by atoms with Crippen LogP contribution in [0, 0.1) is 40.4 Å². The second kappa shape index (κ2) is 7.58. The second-order valence-corrected chi connectivity index (χ2v) is 12.8. The molecule has 32 heavy (non-hydrogen) atoms. The van der Waals surface area contributed by atoms with Crippen molar-refractivity contribution in [2.45, 2.75) is 84.1 Å². The van der Waals surface area contributed by atoms with Gasteiger partial charge in [-0.05, 0) is 110 Å². The zero-order chi connectivity index (χ0) is 22.9. The third kappa shape index (κ3) is 3.13. The topological polar surface area (TPSA) is 46.3 Å². The molecule has 4 saturated carbocycles. The van der Waals surface area contributed by atoms with Crippen molar-refractivity contribution in [3.05, 3.63) is 29.8 Å². The lowest BCUT2D eigenvalue weighted by Crippen LogP contribution is -2.68. The molecule has 4 fully saturated rings. The highest BCUT2D eigenvalue weighted by Crippen LogP contribution is 2.68. The molecule has 0 aromatic heterocycles. The lowest BCUT2D eigenvalue weighted by Gasteiger charge is -2.65. The highest BCUT2D eigenvalue weighted by atomic mass is 16.1.